The quantitative estimate of drug-likeness (QED) is 0.547. The Bertz CT molecular complexity index is 991. The van der Waals surface area contributed by atoms with Crippen LogP contribution in [0.2, 0.25) is 0 Å². The van der Waals surface area contributed by atoms with E-state index in [1.165, 1.54) is 18.9 Å². The van der Waals surface area contributed by atoms with E-state index in [1.54, 1.807) is 12.1 Å². The first-order valence-corrected chi connectivity index (χ1v) is 10.1. The summed E-state index contributed by atoms with van der Waals surface area (Å²) in [5.74, 6) is 0.822. The van der Waals surface area contributed by atoms with Gasteiger partial charge in [-0.05, 0) is 30.5 Å². The minimum Gasteiger partial charge on any atom is -0.493 e. The molecule has 0 saturated heterocycles. The van der Waals surface area contributed by atoms with Gasteiger partial charge in [-0.1, -0.05) is 13.0 Å². The molecule has 3 rings (SSSR count). The molecule has 8 nitrogen and oxygen atoms in total. The summed E-state index contributed by atoms with van der Waals surface area (Å²) in [7, 11) is -2.75. The van der Waals surface area contributed by atoms with Crippen LogP contribution in [0.5, 0.6) is 17.4 Å². The van der Waals surface area contributed by atoms with Gasteiger partial charge in [-0.25, -0.2) is 4.68 Å². The highest BCUT2D eigenvalue weighted by Gasteiger charge is 2.49. The van der Waals surface area contributed by atoms with Gasteiger partial charge in [-0.2, -0.15) is 21.6 Å². The summed E-state index contributed by atoms with van der Waals surface area (Å²) in [6.45, 7) is 1.90. The summed E-state index contributed by atoms with van der Waals surface area (Å²) < 4.78 is 76.4. The normalized spacial score (nSPS) is 19.2. The van der Waals surface area contributed by atoms with Crippen molar-refractivity contribution >= 4 is 15.9 Å². The number of nitrogens with one attached hydrogen (secondary N) is 1. The van der Waals surface area contributed by atoms with Crippen molar-refractivity contribution < 1.29 is 35.2 Å². The fourth-order valence-electron chi connectivity index (χ4n) is 3.20. The maximum absolute atomic E-state index is 12.6. The summed E-state index contributed by atoms with van der Waals surface area (Å²) in [6, 6.07) is 6.18. The van der Waals surface area contributed by atoms with Gasteiger partial charge in [0.25, 0.3) is 5.88 Å². The van der Waals surface area contributed by atoms with Crippen molar-refractivity contribution in [3.8, 4) is 17.4 Å². The molecule has 0 bridgehead atoms. The molecule has 160 valence electrons. The lowest BCUT2D eigenvalue weighted by Gasteiger charge is -2.32. The maximum atomic E-state index is 12.6. The molecule has 1 aromatic heterocycles. The molecule has 1 N–H and O–H groups in total. The minimum atomic E-state index is -5.79. The molecule has 12 heteroatoms. The Labute approximate surface area is 165 Å². The third-order valence-electron chi connectivity index (χ3n) is 4.65. The topological polar surface area (TPSA) is 91.7 Å². The van der Waals surface area contributed by atoms with Gasteiger partial charge in [-0.15, -0.1) is 5.10 Å². The van der Waals surface area contributed by atoms with Crippen LogP contribution >= 0.6 is 0 Å². The average molecular weight is 435 g/mol. The number of hydrogen-bond acceptors (Lipinski definition) is 7. The van der Waals surface area contributed by atoms with E-state index in [2.05, 4.69) is 14.6 Å². The highest BCUT2D eigenvalue weighted by molar-refractivity contribution is 7.87. The highest BCUT2D eigenvalue weighted by Crippen LogP contribution is 2.40. The van der Waals surface area contributed by atoms with Crippen LogP contribution < -0.4 is 19.0 Å². The molecule has 2 heterocycles. The number of anilines is 1. The highest BCUT2D eigenvalue weighted by atomic mass is 32.2. The van der Waals surface area contributed by atoms with Crippen LogP contribution in [0.3, 0.4) is 0 Å². The molecule has 2 aromatic rings. The smallest absolute Gasteiger partial charge is 0.493 e. The first kappa shape index (κ1) is 21.1. The molecule has 0 radical (unpaired) electrons. The molecule has 1 aliphatic heterocycles. The number of nitrogens with zero attached hydrogens (tertiary/aromatic N) is 2. The monoisotopic (exact) mass is 435 g/mol. The van der Waals surface area contributed by atoms with Gasteiger partial charge in [0, 0.05) is 6.07 Å². The molecule has 2 unspecified atom stereocenters. The summed E-state index contributed by atoms with van der Waals surface area (Å²) in [4.78, 5) is 0. The van der Waals surface area contributed by atoms with E-state index in [9.17, 15) is 21.6 Å². The second kappa shape index (κ2) is 7.65. The van der Waals surface area contributed by atoms with Crippen molar-refractivity contribution in [1.29, 1.82) is 0 Å². The standard InChI is InChI=1S/C17H20F3N3O5S/c1-4-11-8-12(10-5-6-13(26-2)14(7-10)27-3)21-15-9-16(22-23(11)15)28-29(24,25)17(18,19)20/h5-7,9,11-12,21H,4,8H2,1-3H3. The number of aromatic nitrogens is 2. The number of halogens is 3. The number of hydrogen-bond donors (Lipinski definition) is 1. The predicted molar refractivity (Wildman–Crippen MR) is 97.7 cm³/mol. The Morgan fingerprint density at radius 2 is 1.90 bits per heavy atom. The Hall–Kier alpha value is -2.63. The van der Waals surface area contributed by atoms with Gasteiger partial charge < -0.3 is 19.0 Å². The lowest BCUT2D eigenvalue weighted by Crippen LogP contribution is -2.28. The molecule has 1 aliphatic rings. The average Bonchev–Trinajstić information content (AvgIpc) is 3.07. The number of fused-ring (bicyclic) bond motifs is 1. The predicted octanol–water partition coefficient (Wildman–Crippen LogP) is 3.64. The molecule has 2 atom stereocenters. The molecule has 0 aliphatic carbocycles. The third-order valence-corrected chi connectivity index (χ3v) is 5.61. The number of ether oxygens (including phenoxy) is 2. The van der Waals surface area contributed by atoms with E-state index in [0.29, 0.717) is 30.2 Å². The Kier molecular flexibility index (Phi) is 5.57. The lowest BCUT2D eigenvalue weighted by molar-refractivity contribution is -0.0501. The Morgan fingerprint density at radius 3 is 2.48 bits per heavy atom. The van der Waals surface area contributed by atoms with Gasteiger partial charge in [0.1, 0.15) is 5.82 Å². The number of alkyl halides is 3. The molecular weight excluding hydrogens is 415 g/mol. The van der Waals surface area contributed by atoms with Crippen molar-refractivity contribution in [3.63, 3.8) is 0 Å². The maximum Gasteiger partial charge on any atom is 0.534 e. The van der Waals surface area contributed by atoms with Crippen LogP contribution in [0, 0.1) is 0 Å². The van der Waals surface area contributed by atoms with Gasteiger partial charge in [-0.3, -0.25) is 0 Å². The second-order valence-electron chi connectivity index (χ2n) is 6.40. The van der Waals surface area contributed by atoms with E-state index in [1.807, 2.05) is 13.0 Å². The molecular formula is C17H20F3N3O5S. The van der Waals surface area contributed by atoms with Gasteiger partial charge in [0.15, 0.2) is 11.5 Å². The summed E-state index contributed by atoms with van der Waals surface area (Å²) in [5, 5.41) is 7.06. The molecule has 29 heavy (non-hydrogen) atoms. The van der Waals surface area contributed by atoms with E-state index >= 15 is 0 Å². The van der Waals surface area contributed by atoms with Crippen LogP contribution in [0.25, 0.3) is 0 Å². The van der Waals surface area contributed by atoms with Crippen LogP contribution in [0.15, 0.2) is 24.3 Å². The van der Waals surface area contributed by atoms with E-state index in [4.69, 9.17) is 9.47 Å². The molecule has 0 saturated carbocycles. The van der Waals surface area contributed by atoms with Gasteiger partial charge >= 0.3 is 15.6 Å². The van der Waals surface area contributed by atoms with Crippen molar-refractivity contribution in [1.82, 2.24) is 9.78 Å². The van der Waals surface area contributed by atoms with Crippen molar-refractivity contribution in [2.75, 3.05) is 19.5 Å². The third kappa shape index (κ3) is 4.07. The lowest BCUT2D eigenvalue weighted by atomic mass is 9.96. The minimum absolute atomic E-state index is 0.171. The SMILES string of the molecule is CCC1CC(c2ccc(OC)c(OC)c2)Nc2cc(OS(=O)(=O)C(F)(F)F)nn21. The fourth-order valence-corrected chi connectivity index (χ4v) is 3.60. The van der Waals surface area contributed by atoms with E-state index in [0.717, 1.165) is 11.6 Å². The van der Waals surface area contributed by atoms with E-state index < -0.39 is 21.5 Å². The van der Waals surface area contributed by atoms with Crippen LogP contribution in [-0.2, 0) is 10.1 Å². The fraction of sp³-hybridized carbons (Fsp3) is 0.471. The number of benzene rings is 1. The summed E-state index contributed by atoms with van der Waals surface area (Å²) in [5.41, 5.74) is -4.66. The van der Waals surface area contributed by atoms with Crippen molar-refractivity contribution in [3.05, 3.63) is 29.8 Å². The van der Waals surface area contributed by atoms with Crippen molar-refractivity contribution in [2.45, 2.75) is 37.4 Å². The largest absolute Gasteiger partial charge is 0.534 e. The molecule has 0 spiro atoms. The first-order valence-electron chi connectivity index (χ1n) is 8.68. The summed E-state index contributed by atoms with van der Waals surface area (Å²) >= 11 is 0. The van der Waals surface area contributed by atoms with Crippen LogP contribution in [0.4, 0.5) is 19.0 Å². The Balaban J connectivity index is 1.90. The second-order valence-corrected chi connectivity index (χ2v) is 7.94. The Morgan fingerprint density at radius 1 is 1.21 bits per heavy atom. The van der Waals surface area contributed by atoms with Crippen LogP contribution in [-0.4, -0.2) is 37.9 Å². The van der Waals surface area contributed by atoms with Crippen LogP contribution in [0.1, 0.15) is 37.4 Å². The molecule has 1 aromatic carbocycles. The first-order chi connectivity index (χ1) is 13.6. The van der Waals surface area contributed by atoms with Crippen molar-refractivity contribution in [2.24, 2.45) is 0 Å². The zero-order valence-corrected chi connectivity index (χ0v) is 16.7. The zero-order valence-electron chi connectivity index (χ0n) is 15.9. The molecule has 0 amide bonds. The summed E-state index contributed by atoms with van der Waals surface area (Å²) in [6.07, 6.45) is 1.21. The van der Waals surface area contributed by atoms with E-state index in [-0.39, 0.29) is 12.1 Å². The zero-order chi connectivity index (χ0) is 21.4. The number of methoxy groups -OCH3 is 2. The van der Waals surface area contributed by atoms with Gasteiger partial charge in [0.2, 0.25) is 0 Å². The van der Waals surface area contributed by atoms with Gasteiger partial charge in [0.05, 0.1) is 26.3 Å². The molecule has 0 fully saturated rings. The number of rotatable bonds is 6.